The summed E-state index contributed by atoms with van der Waals surface area (Å²) >= 11 is 0. The van der Waals surface area contributed by atoms with Crippen LogP contribution in [0.5, 0.6) is 0 Å². The molecule has 2 atom stereocenters. The van der Waals surface area contributed by atoms with E-state index in [0.29, 0.717) is 12.0 Å². The molecule has 1 aliphatic carbocycles. The third kappa shape index (κ3) is 1.62. The third-order valence-corrected chi connectivity index (χ3v) is 2.13. The van der Waals surface area contributed by atoms with Crippen molar-refractivity contribution in [1.29, 1.82) is 0 Å². The normalized spacial score (nSPS) is 32.1. The summed E-state index contributed by atoms with van der Waals surface area (Å²) in [5, 5.41) is 0. The fourth-order valence-electron chi connectivity index (χ4n) is 1.51. The Kier molecular flexibility index (Phi) is 2.14. The van der Waals surface area contributed by atoms with Crippen LogP contribution in [-0.2, 0) is 0 Å². The summed E-state index contributed by atoms with van der Waals surface area (Å²) in [6, 6.07) is 0.394. The summed E-state index contributed by atoms with van der Waals surface area (Å²) < 4.78 is 0. The lowest BCUT2D eigenvalue weighted by molar-refractivity contribution is 0.529. The summed E-state index contributed by atoms with van der Waals surface area (Å²) in [6.45, 7) is 2.20. The molecule has 0 spiro atoms. The summed E-state index contributed by atoms with van der Waals surface area (Å²) in [5.74, 6) is 0.904. The summed E-state index contributed by atoms with van der Waals surface area (Å²) in [5.41, 5.74) is 10.5. The second kappa shape index (κ2) is 2.90. The van der Waals surface area contributed by atoms with Gasteiger partial charge in [-0.1, -0.05) is 13.3 Å². The first-order valence-electron chi connectivity index (χ1n) is 3.79. The van der Waals surface area contributed by atoms with Crippen LogP contribution in [0.15, 0.2) is 4.99 Å². The minimum Gasteiger partial charge on any atom is -0.370 e. The SMILES string of the molecule is C[C@@H]1CCC[C@@H]1N=C(N)N. The Bertz CT molecular complexity index is 138. The second-order valence-electron chi connectivity index (χ2n) is 3.03. The second-order valence-corrected chi connectivity index (χ2v) is 3.03. The maximum absolute atomic E-state index is 5.26. The largest absolute Gasteiger partial charge is 0.370 e. The van der Waals surface area contributed by atoms with Crippen LogP contribution in [0, 0.1) is 5.92 Å². The van der Waals surface area contributed by atoms with Crippen molar-refractivity contribution in [3.05, 3.63) is 0 Å². The van der Waals surface area contributed by atoms with E-state index in [1.165, 1.54) is 12.8 Å². The third-order valence-electron chi connectivity index (χ3n) is 2.13. The summed E-state index contributed by atoms with van der Waals surface area (Å²) in [4.78, 5) is 4.13. The number of aliphatic imine (C=N–C) groups is 1. The molecule has 1 fully saturated rings. The Hall–Kier alpha value is -0.730. The van der Waals surface area contributed by atoms with Crippen LogP contribution in [-0.4, -0.2) is 12.0 Å². The zero-order chi connectivity index (χ0) is 7.56. The van der Waals surface area contributed by atoms with Gasteiger partial charge in [-0.05, 0) is 18.8 Å². The first kappa shape index (κ1) is 7.38. The van der Waals surface area contributed by atoms with Gasteiger partial charge in [-0.3, -0.25) is 4.99 Å². The van der Waals surface area contributed by atoms with Crippen LogP contribution in [0.2, 0.25) is 0 Å². The molecular weight excluding hydrogens is 126 g/mol. The van der Waals surface area contributed by atoms with E-state index in [1.54, 1.807) is 0 Å². The van der Waals surface area contributed by atoms with Crippen molar-refractivity contribution in [1.82, 2.24) is 0 Å². The van der Waals surface area contributed by atoms with E-state index in [1.807, 2.05) is 0 Å². The van der Waals surface area contributed by atoms with Gasteiger partial charge in [0.15, 0.2) is 5.96 Å². The molecule has 0 heterocycles. The molecule has 1 saturated carbocycles. The van der Waals surface area contributed by atoms with Crippen LogP contribution in [0.4, 0.5) is 0 Å². The van der Waals surface area contributed by atoms with Gasteiger partial charge >= 0.3 is 0 Å². The first-order chi connectivity index (χ1) is 4.70. The standard InChI is InChI=1S/C7H15N3/c1-5-3-2-4-6(5)10-7(8)9/h5-6H,2-4H2,1H3,(H4,8,9,10)/t5-,6+/m1/s1. The van der Waals surface area contributed by atoms with Crippen molar-refractivity contribution < 1.29 is 0 Å². The average Bonchev–Trinajstić information content (AvgIpc) is 2.15. The van der Waals surface area contributed by atoms with Gasteiger partial charge in [-0.2, -0.15) is 0 Å². The Morgan fingerprint density at radius 1 is 1.40 bits per heavy atom. The van der Waals surface area contributed by atoms with Crippen molar-refractivity contribution in [3.63, 3.8) is 0 Å². The van der Waals surface area contributed by atoms with Gasteiger partial charge < -0.3 is 11.5 Å². The highest BCUT2D eigenvalue weighted by molar-refractivity contribution is 5.75. The minimum atomic E-state index is 0.235. The zero-order valence-corrected chi connectivity index (χ0v) is 6.38. The highest BCUT2D eigenvalue weighted by atomic mass is 15.0. The molecule has 4 N–H and O–H groups in total. The van der Waals surface area contributed by atoms with E-state index in [4.69, 9.17) is 11.5 Å². The van der Waals surface area contributed by atoms with Gasteiger partial charge in [-0.25, -0.2) is 0 Å². The van der Waals surface area contributed by atoms with Crippen molar-refractivity contribution in [2.75, 3.05) is 0 Å². The molecule has 0 aromatic heterocycles. The van der Waals surface area contributed by atoms with Crippen LogP contribution in [0.1, 0.15) is 26.2 Å². The molecule has 0 bridgehead atoms. The van der Waals surface area contributed by atoms with Crippen molar-refractivity contribution in [2.24, 2.45) is 22.4 Å². The molecule has 1 rings (SSSR count). The highest BCUT2D eigenvalue weighted by Gasteiger charge is 2.22. The fraction of sp³-hybridized carbons (Fsp3) is 0.857. The Morgan fingerprint density at radius 2 is 2.10 bits per heavy atom. The Labute approximate surface area is 61.5 Å². The molecular formula is C7H15N3. The van der Waals surface area contributed by atoms with E-state index < -0.39 is 0 Å². The number of hydrogen-bond donors (Lipinski definition) is 2. The minimum absolute atomic E-state index is 0.235. The first-order valence-corrected chi connectivity index (χ1v) is 3.79. The van der Waals surface area contributed by atoms with Crippen molar-refractivity contribution in [2.45, 2.75) is 32.2 Å². The number of nitrogens with two attached hydrogens (primary N) is 2. The molecule has 10 heavy (non-hydrogen) atoms. The molecule has 3 heteroatoms. The van der Waals surface area contributed by atoms with E-state index in [2.05, 4.69) is 11.9 Å². The lowest BCUT2D eigenvalue weighted by atomic mass is 10.1. The van der Waals surface area contributed by atoms with Gasteiger partial charge in [0.1, 0.15) is 0 Å². The predicted octanol–water partition coefficient (Wildman–Crippen LogP) is 0.448. The molecule has 3 nitrogen and oxygen atoms in total. The van der Waals surface area contributed by atoms with Gasteiger partial charge in [0.25, 0.3) is 0 Å². The number of hydrogen-bond acceptors (Lipinski definition) is 1. The lowest BCUT2D eigenvalue weighted by Gasteiger charge is -2.08. The quantitative estimate of drug-likeness (QED) is 0.411. The Morgan fingerprint density at radius 3 is 2.50 bits per heavy atom. The molecule has 1 aliphatic rings. The molecule has 0 aliphatic heterocycles. The summed E-state index contributed by atoms with van der Waals surface area (Å²) in [6.07, 6.45) is 3.68. The van der Waals surface area contributed by atoms with E-state index in [9.17, 15) is 0 Å². The number of guanidine groups is 1. The van der Waals surface area contributed by atoms with E-state index in [0.717, 1.165) is 6.42 Å². The van der Waals surface area contributed by atoms with E-state index >= 15 is 0 Å². The fourth-order valence-corrected chi connectivity index (χ4v) is 1.51. The Balaban J connectivity index is 2.48. The predicted molar refractivity (Wildman–Crippen MR) is 42.6 cm³/mol. The van der Waals surface area contributed by atoms with Crippen molar-refractivity contribution >= 4 is 5.96 Å². The molecule has 58 valence electrons. The van der Waals surface area contributed by atoms with Crippen molar-refractivity contribution in [3.8, 4) is 0 Å². The van der Waals surface area contributed by atoms with Gasteiger partial charge in [0.05, 0.1) is 6.04 Å². The topological polar surface area (TPSA) is 64.4 Å². The van der Waals surface area contributed by atoms with Gasteiger partial charge in [0, 0.05) is 0 Å². The molecule has 0 aromatic rings. The molecule has 0 aromatic carbocycles. The number of nitrogens with zero attached hydrogens (tertiary/aromatic N) is 1. The lowest BCUT2D eigenvalue weighted by Crippen LogP contribution is -2.26. The van der Waals surface area contributed by atoms with Gasteiger partial charge in [-0.15, -0.1) is 0 Å². The summed E-state index contributed by atoms with van der Waals surface area (Å²) in [7, 11) is 0. The average molecular weight is 141 g/mol. The van der Waals surface area contributed by atoms with E-state index in [-0.39, 0.29) is 5.96 Å². The van der Waals surface area contributed by atoms with Crippen LogP contribution in [0.25, 0.3) is 0 Å². The molecule has 0 radical (unpaired) electrons. The van der Waals surface area contributed by atoms with Gasteiger partial charge in [0.2, 0.25) is 0 Å². The molecule has 0 saturated heterocycles. The maximum Gasteiger partial charge on any atom is 0.186 e. The zero-order valence-electron chi connectivity index (χ0n) is 6.38. The smallest absolute Gasteiger partial charge is 0.186 e. The maximum atomic E-state index is 5.26. The molecule has 0 amide bonds. The van der Waals surface area contributed by atoms with Crippen LogP contribution >= 0.6 is 0 Å². The van der Waals surface area contributed by atoms with Crippen LogP contribution in [0.3, 0.4) is 0 Å². The van der Waals surface area contributed by atoms with Crippen LogP contribution < -0.4 is 11.5 Å². The number of rotatable bonds is 1. The monoisotopic (exact) mass is 141 g/mol. The molecule has 0 unspecified atom stereocenters. The highest BCUT2D eigenvalue weighted by Crippen LogP contribution is 2.27.